The molecule has 28 heavy (non-hydrogen) atoms. The topological polar surface area (TPSA) is 76.7 Å². The Balaban J connectivity index is 1.49. The van der Waals surface area contributed by atoms with E-state index >= 15 is 0 Å². The molecule has 3 fully saturated rings. The maximum atomic E-state index is 12.6. The minimum absolute atomic E-state index is 0.141. The number of rotatable bonds is 5. The molecule has 8 heteroatoms. The summed E-state index contributed by atoms with van der Waals surface area (Å²) in [5.41, 5.74) is -0.520. The molecule has 0 aromatic carbocycles. The first-order chi connectivity index (χ1) is 13.1. The Labute approximate surface area is 173 Å². The van der Waals surface area contributed by atoms with Crippen LogP contribution < -0.4 is 10.5 Å². The Hall–Kier alpha value is -0.945. The number of hydrogen-bond acceptors (Lipinski definition) is 5. The molecular weight excluding hydrogens is 378 g/mol. The lowest BCUT2D eigenvalue weighted by Gasteiger charge is -2.57. The van der Waals surface area contributed by atoms with Crippen LogP contribution in [-0.4, -0.2) is 42.1 Å². The van der Waals surface area contributed by atoms with Crippen molar-refractivity contribution < 1.29 is 19.0 Å². The molecule has 0 aromatic rings. The van der Waals surface area contributed by atoms with Gasteiger partial charge in [0.05, 0.1) is 6.04 Å². The quantitative estimate of drug-likeness (QED) is 0.521. The number of ether oxygens (including phenoxy) is 1. The highest BCUT2D eigenvalue weighted by atomic mass is 35.5. The average molecular weight is 414 g/mol. The van der Waals surface area contributed by atoms with E-state index in [-0.39, 0.29) is 17.4 Å². The predicted octanol–water partition coefficient (Wildman–Crippen LogP) is 4.21. The molecule has 6 nitrogen and oxygen atoms in total. The zero-order valence-electron chi connectivity index (χ0n) is 17.6. The number of halogens is 1. The molecule has 3 saturated heterocycles. The van der Waals surface area contributed by atoms with E-state index in [1.54, 1.807) is 0 Å². The van der Waals surface area contributed by atoms with Crippen molar-refractivity contribution in [2.24, 2.45) is 5.92 Å². The van der Waals surface area contributed by atoms with E-state index in [2.05, 4.69) is 17.5 Å². The van der Waals surface area contributed by atoms with Crippen molar-refractivity contribution in [3.8, 4) is 0 Å². The third-order valence-corrected chi connectivity index (χ3v) is 7.03. The van der Waals surface area contributed by atoms with Gasteiger partial charge in [-0.15, -0.1) is 23.2 Å². The van der Waals surface area contributed by atoms with Crippen LogP contribution in [0, 0.1) is 5.92 Å². The van der Waals surface area contributed by atoms with E-state index < -0.39 is 18.2 Å². The van der Waals surface area contributed by atoms with Gasteiger partial charge in [0.15, 0.2) is 0 Å². The van der Waals surface area contributed by atoms with E-state index in [0.717, 1.165) is 25.7 Å². The van der Waals surface area contributed by atoms with Crippen LogP contribution in [0.25, 0.3) is 0 Å². The molecule has 0 radical (unpaired) electrons. The van der Waals surface area contributed by atoms with E-state index in [1.165, 1.54) is 6.42 Å². The summed E-state index contributed by atoms with van der Waals surface area (Å²) in [5.74, 6) is 1.51. The Morgan fingerprint density at radius 2 is 2.00 bits per heavy atom. The third-order valence-electron chi connectivity index (χ3n) is 6.64. The van der Waals surface area contributed by atoms with Gasteiger partial charge < -0.3 is 19.9 Å². The fourth-order valence-electron chi connectivity index (χ4n) is 5.63. The number of hydrogen-bond donors (Lipinski definition) is 2. The van der Waals surface area contributed by atoms with Crippen molar-refractivity contribution in [1.29, 1.82) is 0 Å². The molecule has 1 spiro atoms. The van der Waals surface area contributed by atoms with E-state index in [9.17, 15) is 9.59 Å². The van der Waals surface area contributed by atoms with Gasteiger partial charge >= 0.3 is 6.09 Å². The van der Waals surface area contributed by atoms with Gasteiger partial charge in [-0.2, -0.15) is 0 Å². The molecule has 0 aromatic heterocycles. The summed E-state index contributed by atoms with van der Waals surface area (Å²) in [6.07, 6.45) is 6.49. The summed E-state index contributed by atoms with van der Waals surface area (Å²) in [6.45, 7) is 6.95. The number of alkyl halides is 1. The first kappa shape index (κ1) is 21.8. The fourth-order valence-corrected chi connectivity index (χ4v) is 5.92. The largest absolute Gasteiger partial charge is 0.673 e. The molecule has 0 saturated carbocycles. The second-order valence-electron chi connectivity index (χ2n) is 10.1. The summed E-state index contributed by atoms with van der Waals surface area (Å²) in [5, 5.41) is 6.14. The Kier molecular flexibility index (Phi) is 6.55. The van der Waals surface area contributed by atoms with Crippen molar-refractivity contribution in [2.75, 3.05) is 6.54 Å². The molecule has 3 heterocycles. The number of carbonyl (C=O) groups is 2. The van der Waals surface area contributed by atoms with E-state index in [1.807, 2.05) is 20.8 Å². The van der Waals surface area contributed by atoms with Crippen LogP contribution in [-0.2, 0) is 14.2 Å². The highest BCUT2D eigenvalue weighted by Gasteiger charge is 2.54. The molecular formula is C20H35BClN2O4-. The lowest BCUT2D eigenvalue weighted by Crippen LogP contribution is -2.61. The van der Waals surface area contributed by atoms with Crippen LogP contribution in [0.2, 0.25) is 11.6 Å². The molecule has 3 aliphatic heterocycles. The van der Waals surface area contributed by atoms with Crippen LogP contribution in [0.5, 0.6) is 0 Å². The summed E-state index contributed by atoms with van der Waals surface area (Å²) in [4.78, 5) is 24.3. The summed E-state index contributed by atoms with van der Waals surface area (Å²) in [7, 11) is 0. The fraction of sp³-hybridized carbons (Fsp3) is 0.900. The average Bonchev–Trinajstić information content (AvgIpc) is 2.84. The summed E-state index contributed by atoms with van der Waals surface area (Å²) in [6, 6.07) is -0.333. The van der Waals surface area contributed by atoms with Gasteiger partial charge in [0.2, 0.25) is 6.48 Å². The van der Waals surface area contributed by atoms with Crippen molar-refractivity contribution in [3.05, 3.63) is 0 Å². The van der Waals surface area contributed by atoms with Crippen molar-refractivity contribution in [2.45, 2.75) is 101 Å². The molecule has 1 amide bonds. The second-order valence-corrected chi connectivity index (χ2v) is 10.8. The zero-order chi connectivity index (χ0) is 20.5. The summed E-state index contributed by atoms with van der Waals surface area (Å²) < 4.78 is 11.3. The normalized spacial score (nSPS) is 36.1. The molecule has 3 rings (SSSR count). The third kappa shape index (κ3) is 4.96. The van der Waals surface area contributed by atoms with Gasteiger partial charge in [-0.1, -0.05) is 39.0 Å². The van der Waals surface area contributed by atoms with Gasteiger partial charge in [0, 0.05) is 11.9 Å². The number of nitrogens with one attached hydrogen (secondary N) is 2. The minimum Gasteiger partial charge on any atom is -0.673 e. The standard InChI is InChI=1S/C20H35BClN2O4/c1-13-10-14-6-5-7-15(11-13)21(14)24-17(18(25)28-21)12-16(22)8-9-23-19(26)27-20(2,3)4/h13-17,24H,5-12H2,1-4H3,(H,23,26)/q-1. The highest BCUT2D eigenvalue weighted by molar-refractivity contribution is 6.77. The van der Waals surface area contributed by atoms with Crippen LogP contribution >= 0.6 is 11.6 Å². The Morgan fingerprint density at radius 3 is 2.61 bits per heavy atom. The van der Waals surface area contributed by atoms with Gasteiger partial charge in [-0.05, 0) is 39.5 Å². The van der Waals surface area contributed by atoms with Crippen LogP contribution in [0.1, 0.15) is 72.6 Å². The molecule has 3 aliphatic rings. The first-order valence-corrected chi connectivity index (χ1v) is 11.3. The van der Waals surface area contributed by atoms with Gasteiger partial charge in [-0.3, -0.25) is 4.79 Å². The molecule has 4 unspecified atom stereocenters. The van der Waals surface area contributed by atoms with Gasteiger partial charge in [-0.25, -0.2) is 4.79 Å². The molecule has 0 aliphatic carbocycles. The van der Waals surface area contributed by atoms with Crippen molar-refractivity contribution in [3.63, 3.8) is 0 Å². The molecule has 4 atom stereocenters. The van der Waals surface area contributed by atoms with E-state index in [4.69, 9.17) is 21.0 Å². The highest BCUT2D eigenvalue weighted by Crippen LogP contribution is 2.55. The molecule has 2 N–H and O–H groups in total. The maximum absolute atomic E-state index is 12.6. The van der Waals surface area contributed by atoms with Crippen molar-refractivity contribution in [1.82, 2.24) is 10.5 Å². The van der Waals surface area contributed by atoms with Crippen LogP contribution in [0.3, 0.4) is 0 Å². The lowest BCUT2D eigenvalue weighted by atomic mass is 9.27. The molecule has 160 valence electrons. The van der Waals surface area contributed by atoms with Crippen LogP contribution in [0.4, 0.5) is 4.79 Å². The van der Waals surface area contributed by atoms with Crippen LogP contribution in [0.15, 0.2) is 0 Å². The van der Waals surface area contributed by atoms with Gasteiger partial charge in [0.25, 0.3) is 5.97 Å². The predicted molar refractivity (Wildman–Crippen MR) is 112 cm³/mol. The number of carbonyl (C=O) groups excluding carboxylic acids is 2. The lowest BCUT2D eigenvalue weighted by molar-refractivity contribution is -0.134. The van der Waals surface area contributed by atoms with E-state index in [0.29, 0.717) is 36.9 Å². The maximum Gasteiger partial charge on any atom is 0.407 e. The second kappa shape index (κ2) is 8.43. The minimum atomic E-state index is -1.26. The number of amides is 1. The zero-order valence-corrected chi connectivity index (χ0v) is 18.4. The Morgan fingerprint density at radius 1 is 1.36 bits per heavy atom. The number of alkyl carbamates (subject to hydrolysis) is 1. The molecule has 2 bridgehead atoms. The van der Waals surface area contributed by atoms with Crippen molar-refractivity contribution >= 4 is 30.1 Å². The monoisotopic (exact) mass is 413 g/mol. The summed E-state index contributed by atoms with van der Waals surface area (Å²) >= 11 is 6.48. The van der Waals surface area contributed by atoms with Gasteiger partial charge in [0.1, 0.15) is 5.60 Å². The smallest absolute Gasteiger partial charge is 0.407 e. The Bertz CT molecular complexity index is 583. The SMILES string of the molecule is CC1CC2CCCC(C1)[B-]21NC(CC(Cl)CCNC(=O)OC(C)(C)C)C(=O)O1. The first-order valence-electron chi connectivity index (χ1n) is 10.9.